The summed E-state index contributed by atoms with van der Waals surface area (Å²) >= 11 is 1.27. The SMILES string of the molecule is Cc1cc(N)sc1-c1nnc2ccc(C(F)(F)F)cn12. The minimum atomic E-state index is -4.40. The molecule has 3 rings (SSSR count). The summed E-state index contributed by atoms with van der Waals surface area (Å²) in [6.45, 7) is 1.83. The van der Waals surface area contributed by atoms with E-state index < -0.39 is 11.7 Å². The van der Waals surface area contributed by atoms with E-state index >= 15 is 0 Å². The molecule has 0 atom stereocenters. The van der Waals surface area contributed by atoms with Crippen molar-refractivity contribution in [2.24, 2.45) is 0 Å². The second-order valence-corrected chi connectivity index (χ2v) is 5.41. The molecule has 104 valence electrons. The summed E-state index contributed by atoms with van der Waals surface area (Å²) in [6.07, 6.45) is -3.40. The van der Waals surface area contributed by atoms with Crippen molar-refractivity contribution in [3.8, 4) is 10.7 Å². The molecule has 0 bridgehead atoms. The molecule has 0 aliphatic carbocycles. The van der Waals surface area contributed by atoms with Gasteiger partial charge < -0.3 is 5.73 Å². The smallest absolute Gasteiger partial charge is 0.391 e. The van der Waals surface area contributed by atoms with Gasteiger partial charge in [-0.25, -0.2) is 0 Å². The zero-order valence-corrected chi connectivity index (χ0v) is 11.1. The van der Waals surface area contributed by atoms with Crippen molar-refractivity contribution in [2.75, 3.05) is 5.73 Å². The van der Waals surface area contributed by atoms with E-state index in [4.69, 9.17) is 5.73 Å². The van der Waals surface area contributed by atoms with E-state index in [1.165, 1.54) is 21.8 Å². The minimum absolute atomic E-state index is 0.361. The van der Waals surface area contributed by atoms with Gasteiger partial charge in [0.25, 0.3) is 0 Å². The van der Waals surface area contributed by atoms with Crippen LogP contribution >= 0.6 is 11.3 Å². The third-order valence-electron chi connectivity index (χ3n) is 2.87. The molecular weight excluding hydrogens is 289 g/mol. The fourth-order valence-electron chi connectivity index (χ4n) is 1.94. The monoisotopic (exact) mass is 298 g/mol. The highest BCUT2D eigenvalue weighted by Crippen LogP contribution is 2.34. The number of aryl methyl sites for hydroxylation is 1. The highest BCUT2D eigenvalue weighted by Gasteiger charge is 2.31. The summed E-state index contributed by atoms with van der Waals surface area (Å²) in [5, 5.41) is 8.43. The first kappa shape index (κ1) is 12.9. The van der Waals surface area contributed by atoms with Crippen LogP contribution in [0.4, 0.5) is 18.2 Å². The van der Waals surface area contributed by atoms with E-state index in [-0.39, 0.29) is 0 Å². The molecule has 0 amide bonds. The average molecular weight is 298 g/mol. The highest BCUT2D eigenvalue weighted by molar-refractivity contribution is 7.19. The van der Waals surface area contributed by atoms with Crippen molar-refractivity contribution in [3.05, 3.63) is 35.5 Å². The molecule has 3 heterocycles. The van der Waals surface area contributed by atoms with Gasteiger partial charge in [0, 0.05) is 6.20 Å². The number of nitrogens with zero attached hydrogens (tertiary/aromatic N) is 3. The number of hydrogen-bond donors (Lipinski definition) is 1. The summed E-state index contributed by atoms with van der Waals surface area (Å²) < 4.78 is 39.6. The van der Waals surface area contributed by atoms with Crippen LogP contribution in [0.3, 0.4) is 0 Å². The van der Waals surface area contributed by atoms with Gasteiger partial charge >= 0.3 is 6.18 Å². The lowest BCUT2D eigenvalue weighted by atomic mass is 10.2. The number of halogens is 3. The minimum Gasteiger partial charge on any atom is -0.391 e. The van der Waals surface area contributed by atoms with Crippen molar-refractivity contribution in [1.82, 2.24) is 14.6 Å². The maximum absolute atomic E-state index is 12.8. The molecule has 8 heteroatoms. The Labute approximate surface area is 115 Å². The summed E-state index contributed by atoms with van der Waals surface area (Å²) in [5.74, 6) is 0.366. The second-order valence-electron chi connectivity index (χ2n) is 4.33. The number of nitrogen functional groups attached to an aromatic ring is 1. The van der Waals surface area contributed by atoms with Crippen LogP contribution < -0.4 is 5.73 Å². The van der Waals surface area contributed by atoms with E-state index in [2.05, 4.69) is 10.2 Å². The molecule has 20 heavy (non-hydrogen) atoms. The lowest BCUT2D eigenvalue weighted by molar-refractivity contribution is -0.137. The fourth-order valence-corrected chi connectivity index (χ4v) is 2.86. The number of rotatable bonds is 1. The van der Waals surface area contributed by atoms with Gasteiger partial charge in [-0.1, -0.05) is 0 Å². The van der Waals surface area contributed by atoms with Gasteiger partial charge in [-0.2, -0.15) is 13.2 Å². The number of hydrogen-bond acceptors (Lipinski definition) is 4. The Morgan fingerprint density at radius 3 is 2.60 bits per heavy atom. The molecule has 0 aliphatic rings. The molecule has 0 fully saturated rings. The third-order valence-corrected chi connectivity index (χ3v) is 3.93. The van der Waals surface area contributed by atoms with Crippen molar-refractivity contribution < 1.29 is 13.2 Å². The molecule has 2 N–H and O–H groups in total. The lowest BCUT2D eigenvalue weighted by Crippen LogP contribution is -2.06. The second kappa shape index (κ2) is 4.20. The standard InChI is InChI=1S/C12H9F3N4S/c1-6-4-8(16)20-10(6)11-18-17-9-3-2-7(5-19(9)11)12(13,14)15/h2-5H,16H2,1H3. The number of aromatic nitrogens is 3. The van der Waals surface area contributed by atoms with Gasteiger partial charge in [0.2, 0.25) is 0 Å². The van der Waals surface area contributed by atoms with Gasteiger partial charge in [0.15, 0.2) is 11.5 Å². The van der Waals surface area contributed by atoms with Crippen LogP contribution in [0.25, 0.3) is 16.3 Å². The first-order valence-electron chi connectivity index (χ1n) is 5.64. The Bertz CT molecular complexity index is 788. The summed E-state index contributed by atoms with van der Waals surface area (Å²) in [5.41, 5.74) is 6.19. The molecular formula is C12H9F3N4S. The van der Waals surface area contributed by atoms with Gasteiger partial charge in [-0.3, -0.25) is 4.40 Å². The number of nitrogens with two attached hydrogens (primary N) is 1. The van der Waals surface area contributed by atoms with Gasteiger partial charge in [-0.15, -0.1) is 21.5 Å². The molecule has 3 aromatic rings. The molecule has 0 saturated carbocycles. The largest absolute Gasteiger partial charge is 0.417 e. The van der Waals surface area contributed by atoms with E-state index in [1.807, 2.05) is 6.92 Å². The molecule has 0 unspecified atom stereocenters. The van der Waals surface area contributed by atoms with Crippen LogP contribution in [-0.4, -0.2) is 14.6 Å². The van der Waals surface area contributed by atoms with Crippen molar-refractivity contribution >= 4 is 22.0 Å². The average Bonchev–Trinajstić information content (AvgIpc) is 2.90. The molecule has 4 nitrogen and oxygen atoms in total. The summed E-state index contributed by atoms with van der Waals surface area (Å²) in [4.78, 5) is 0.717. The quantitative estimate of drug-likeness (QED) is 0.749. The van der Waals surface area contributed by atoms with Crippen molar-refractivity contribution in [2.45, 2.75) is 13.1 Å². The predicted molar refractivity (Wildman–Crippen MR) is 70.5 cm³/mol. The normalized spacial score (nSPS) is 12.2. The Balaban J connectivity index is 2.24. The van der Waals surface area contributed by atoms with Crippen LogP contribution in [0.2, 0.25) is 0 Å². The van der Waals surface area contributed by atoms with Crippen molar-refractivity contribution in [3.63, 3.8) is 0 Å². The van der Waals surface area contributed by atoms with Gasteiger partial charge in [0.05, 0.1) is 15.4 Å². The van der Waals surface area contributed by atoms with Gasteiger partial charge in [-0.05, 0) is 30.7 Å². The number of anilines is 1. The first-order valence-corrected chi connectivity index (χ1v) is 6.46. The van der Waals surface area contributed by atoms with E-state index in [9.17, 15) is 13.2 Å². The molecule has 0 saturated heterocycles. The van der Waals surface area contributed by atoms with Crippen molar-refractivity contribution in [1.29, 1.82) is 0 Å². The number of fused-ring (bicyclic) bond motifs is 1. The maximum Gasteiger partial charge on any atom is 0.417 e. The lowest BCUT2D eigenvalue weighted by Gasteiger charge is -2.07. The predicted octanol–water partition coefficient (Wildman–Crippen LogP) is 3.37. The Morgan fingerprint density at radius 1 is 1.25 bits per heavy atom. The van der Waals surface area contributed by atoms with Crippen LogP contribution in [-0.2, 0) is 6.18 Å². The van der Waals surface area contributed by atoms with Crippen LogP contribution in [0.1, 0.15) is 11.1 Å². The molecule has 0 aromatic carbocycles. The third kappa shape index (κ3) is 2.01. The van der Waals surface area contributed by atoms with Crippen LogP contribution in [0, 0.1) is 6.92 Å². The number of alkyl halides is 3. The fraction of sp³-hybridized carbons (Fsp3) is 0.167. The van der Waals surface area contributed by atoms with Crippen LogP contribution in [0.5, 0.6) is 0 Å². The Hall–Kier alpha value is -2.09. The van der Waals surface area contributed by atoms with E-state index in [0.717, 1.165) is 17.8 Å². The van der Waals surface area contributed by atoms with E-state index in [1.54, 1.807) is 6.07 Å². The maximum atomic E-state index is 12.8. The topological polar surface area (TPSA) is 56.2 Å². The first-order chi connectivity index (χ1) is 9.36. The number of pyridine rings is 1. The highest BCUT2D eigenvalue weighted by atomic mass is 32.1. The zero-order chi connectivity index (χ0) is 14.5. The van der Waals surface area contributed by atoms with E-state index in [0.29, 0.717) is 21.3 Å². The zero-order valence-electron chi connectivity index (χ0n) is 10.3. The summed E-state index contributed by atoms with van der Waals surface area (Å²) in [6, 6.07) is 4.05. The van der Waals surface area contributed by atoms with Gasteiger partial charge in [0.1, 0.15) is 0 Å². The molecule has 0 aliphatic heterocycles. The summed E-state index contributed by atoms with van der Waals surface area (Å²) in [7, 11) is 0. The molecule has 0 spiro atoms. The Kier molecular flexibility index (Phi) is 2.72. The number of thiophene rings is 1. The molecule has 3 aromatic heterocycles. The molecule has 0 radical (unpaired) electrons. The Morgan fingerprint density at radius 2 is 2.00 bits per heavy atom. The van der Waals surface area contributed by atoms with Crippen LogP contribution in [0.15, 0.2) is 24.4 Å².